The van der Waals surface area contributed by atoms with Gasteiger partial charge in [-0.3, -0.25) is 0 Å². The predicted octanol–water partition coefficient (Wildman–Crippen LogP) is 38.1. The van der Waals surface area contributed by atoms with Crippen molar-refractivity contribution in [3.05, 3.63) is 497 Å². The molecule has 666 valence electrons. The lowest BCUT2D eigenvalue weighted by molar-refractivity contribution is 1.17. The van der Waals surface area contributed by atoms with Crippen LogP contribution in [-0.2, 0) is 0 Å². The van der Waals surface area contributed by atoms with E-state index < -0.39 is 0 Å². The van der Waals surface area contributed by atoms with Crippen molar-refractivity contribution in [1.82, 2.24) is 27.4 Å². The minimum Gasteiger partial charge on any atom is -0.309 e. The van der Waals surface area contributed by atoms with Gasteiger partial charge in [-0.2, -0.15) is 0 Å². The van der Waals surface area contributed by atoms with Gasteiger partial charge in [0, 0.05) is 145 Å². The van der Waals surface area contributed by atoms with Gasteiger partial charge in [0.2, 0.25) is 0 Å². The highest BCUT2D eigenvalue weighted by Crippen LogP contribution is 2.52. The minimum absolute atomic E-state index is 1.16. The molecule has 0 atom stereocenters. The zero-order valence-corrected chi connectivity index (χ0v) is 79.7. The van der Waals surface area contributed by atoms with Crippen LogP contribution in [0.1, 0.15) is 0 Å². The Hall–Kier alpha value is -18.0. The molecule has 0 radical (unpaired) electrons. The zero-order chi connectivity index (χ0) is 93.6. The predicted molar refractivity (Wildman–Crippen MR) is 615 cm³/mol. The van der Waals surface area contributed by atoms with Crippen LogP contribution in [0.4, 0.5) is 0 Å². The molecule has 9 heterocycles. The van der Waals surface area contributed by atoms with Crippen molar-refractivity contribution in [2.45, 2.75) is 0 Å². The minimum atomic E-state index is 1.16. The van der Waals surface area contributed by atoms with Crippen LogP contribution in [0, 0.1) is 0 Å². The van der Waals surface area contributed by atoms with Gasteiger partial charge in [-0.1, -0.05) is 358 Å². The highest BCUT2D eigenvalue weighted by Gasteiger charge is 2.28. The molecule has 0 amide bonds. The fourth-order valence-corrected chi connectivity index (χ4v) is 27.3. The summed E-state index contributed by atoms with van der Waals surface area (Å²) in [6, 6.07) is 182. The van der Waals surface area contributed by atoms with Gasteiger partial charge >= 0.3 is 0 Å². The van der Waals surface area contributed by atoms with Crippen molar-refractivity contribution in [2.75, 3.05) is 0 Å². The van der Waals surface area contributed by atoms with E-state index in [9.17, 15) is 0 Å². The first-order chi connectivity index (χ1) is 71.0. The molecule has 32 rings (SSSR count). The molecule has 23 aromatic carbocycles. The lowest BCUT2D eigenvalue weighted by Gasteiger charge is -2.14. The molecule has 0 saturated heterocycles. The Morgan fingerprint density at radius 3 is 0.804 bits per heavy atom. The van der Waals surface area contributed by atoms with E-state index in [1.165, 1.54) is 269 Å². The highest BCUT2D eigenvalue weighted by atomic mass is 32.1. The third-order valence-corrected chi connectivity index (χ3v) is 33.4. The second-order valence-electron chi connectivity index (χ2n) is 37.6. The zero-order valence-electron chi connectivity index (χ0n) is 77.3. The van der Waals surface area contributed by atoms with Crippen LogP contribution in [0.15, 0.2) is 497 Å². The molecular formula is C134H82N6S3. The van der Waals surface area contributed by atoms with Crippen molar-refractivity contribution >= 4 is 247 Å². The van der Waals surface area contributed by atoms with Crippen molar-refractivity contribution in [1.29, 1.82) is 0 Å². The number of hydrogen-bond acceptors (Lipinski definition) is 3. The van der Waals surface area contributed by atoms with E-state index in [1.54, 1.807) is 0 Å². The first-order valence-electron chi connectivity index (χ1n) is 48.9. The van der Waals surface area contributed by atoms with Crippen molar-refractivity contribution < 1.29 is 0 Å². The molecule has 0 aliphatic carbocycles. The molecule has 32 aromatic rings. The van der Waals surface area contributed by atoms with Crippen molar-refractivity contribution in [2.24, 2.45) is 0 Å². The number of thiophene rings is 3. The second-order valence-corrected chi connectivity index (χ2v) is 40.8. The fraction of sp³-hybridized carbons (Fsp3) is 0. The summed E-state index contributed by atoms with van der Waals surface area (Å²) in [4.78, 5) is 0. The molecule has 9 aromatic heterocycles. The molecule has 0 aliphatic heterocycles. The summed E-state index contributed by atoms with van der Waals surface area (Å²) in [5, 5.41) is 28.3. The molecule has 0 unspecified atom stereocenters. The van der Waals surface area contributed by atoms with Crippen LogP contribution < -0.4 is 0 Å². The molecule has 9 heteroatoms. The normalized spacial score (nSPS) is 12.1. The number of hydrogen-bond donors (Lipinski definition) is 0. The Morgan fingerprint density at radius 2 is 0.392 bits per heavy atom. The van der Waals surface area contributed by atoms with Gasteiger partial charge in [0.05, 0.1) is 86.0 Å². The standard InChI is InChI=1S/C48H30N2S.C44H26N2S.C42H26N2S/c1-3-13-31(14-4-1)33-17-11-19-35(27-33)49-43-23-9-7-21-37(43)41-29-42-39-25-26-40-38-22-8-10-24-46(38)51-48(40)47(39)50(45(42)30-44(41)49)36-20-12-18-34(28-36)32-15-5-2-6-16-32;1-2-12-28(13-3-1)45-40-26-41-36(25-37(40)34-23-24-35-33-16-7-9-20-42(33)47-44(35)43(34)45)31-15-6-8-18-38(31)46(41)39-19-10-17-30-29-14-5-4-11-27(29)21-22-32(30)39;1-3-12-27(13-4-1)28-14-11-17-30(24-28)44-39-26-38-35(31-18-7-9-20-37(31)43(38)29-15-5-2-6-16-29)25-36(39)33-22-23-34-32-19-8-10-21-40(32)45-42(34)41(33)44/h1-30H;1-26H;1-26H. The van der Waals surface area contributed by atoms with E-state index in [0.717, 1.165) is 11.4 Å². The lowest BCUT2D eigenvalue weighted by atomic mass is 10.0. The van der Waals surface area contributed by atoms with E-state index in [0.29, 0.717) is 0 Å². The Bertz CT molecular complexity index is 10900. The van der Waals surface area contributed by atoms with Crippen LogP contribution in [0.3, 0.4) is 0 Å². The quantitative estimate of drug-likeness (QED) is 0.129. The fourth-order valence-electron chi connectivity index (χ4n) is 23.6. The Kier molecular flexibility index (Phi) is 18.3. The first kappa shape index (κ1) is 81.1. The van der Waals surface area contributed by atoms with Crippen LogP contribution in [-0.4, -0.2) is 27.4 Å². The molecule has 143 heavy (non-hydrogen) atoms. The molecule has 6 nitrogen and oxygen atoms in total. The first-order valence-corrected chi connectivity index (χ1v) is 51.4. The van der Waals surface area contributed by atoms with E-state index in [-0.39, 0.29) is 0 Å². The maximum Gasteiger partial charge on any atom is 0.0719 e. The van der Waals surface area contributed by atoms with E-state index in [2.05, 4.69) is 525 Å². The summed E-state index contributed by atoms with van der Waals surface area (Å²) in [6.45, 7) is 0. The van der Waals surface area contributed by atoms with Crippen LogP contribution >= 0.6 is 34.0 Å². The third-order valence-electron chi connectivity index (χ3n) is 29.9. The Labute approximate surface area is 832 Å². The van der Waals surface area contributed by atoms with Gasteiger partial charge in [-0.25, -0.2) is 0 Å². The van der Waals surface area contributed by atoms with E-state index in [1.807, 2.05) is 34.0 Å². The molecule has 0 N–H and O–H groups in total. The summed E-state index contributed by atoms with van der Waals surface area (Å²) in [5.74, 6) is 0. The molecule has 0 fully saturated rings. The number of nitrogens with zero attached hydrogens (tertiary/aromatic N) is 6. The Balaban J connectivity index is 0.000000100. The highest BCUT2D eigenvalue weighted by molar-refractivity contribution is 7.27. The summed E-state index contributed by atoms with van der Waals surface area (Å²) in [7, 11) is 0. The average Bonchev–Trinajstić information content (AvgIpc) is 1.54. The smallest absolute Gasteiger partial charge is 0.0719 e. The third kappa shape index (κ3) is 12.6. The summed E-state index contributed by atoms with van der Waals surface area (Å²) in [6.07, 6.45) is 0. The van der Waals surface area contributed by atoms with Crippen molar-refractivity contribution in [3.63, 3.8) is 0 Å². The number of rotatable bonds is 9. The maximum atomic E-state index is 2.52. The number of benzene rings is 23. The van der Waals surface area contributed by atoms with E-state index in [4.69, 9.17) is 0 Å². The van der Waals surface area contributed by atoms with Gasteiger partial charge < -0.3 is 27.4 Å². The molecule has 0 aliphatic rings. The topological polar surface area (TPSA) is 29.6 Å². The SMILES string of the molecule is c1ccc(-c2cccc(-n3c4cc5c(cc4c4ccc6c7ccccc7sc6c43)c3ccccc3n5-c3ccccc3)c2)cc1.c1ccc(-c2cccc(-n3c4ccccc4c4cc5c6ccc7c8ccccc8sc7c6n(-c6cccc(-c7ccccc7)c6)c5cc43)c2)cc1.c1ccc(-n2c3cc4c(cc3c3ccc5c6ccccc6sc5c32)c2ccccc2n4-c2cccc3c2ccc2ccccc23)cc1. The van der Waals surface area contributed by atoms with Gasteiger partial charge in [0.25, 0.3) is 0 Å². The van der Waals surface area contributed by atoms with Crippen molar-refractivity contribution in [3.8, 4) is 67.5 Å². The summed E-state index contributed by atoms with van der Waals surface area (Å²) < 4.78 is 22.8. The molecule has 0 saturated carbocycles. The Morgan fingerprint density at radius 1 is 0.126 bits per heavy atom. The average molecular weight is 1870 g/mol. The lowest BCUT2D eigenvalue weighted by Crippen LogP contribution is -1.97. The monoisotopic (exact) mass is 1870 g/mol. The molecular weight excluding hydrogens is 1790 g/mol. The molecule has 0 bridgehead atoms. The largest absolute Gasteiger partial charge is 0.309 e. The van der Waals surface area contributed by atoms with Crippen LogP contribution in [0.5, 0.6) is 0 Å². The van der Waals surface area contributed by atoms with Crippen LogP contribution in [0.2, 0.25) is 0 Å². The second kappa shape index (κ2) is 32.3. The number of aromatic nitrogens is 6. The van der Waals surface area contributed by atoms with Gasteiger partial charge in [-0.15, -0.1) is 34.0 Å². The van der Waals surface area contributed by atoms with Crippen LogP contribution in [0.25, 0.3) is 280 Å². The van der Waals surface area contributed by atoms with Gasteiger partial charge in [0.15, 0.2) is 0 Å². The summed E-state index contributed by atoms with van der Waals surface area (Å²) in [5.41, 5.74) is 29.1. The molecule has 0 spiro atoms. The number of fused-ring (bicyclic) bond motifs is 33. The van der Waals surface area contributed by atoms with E-state index >= 15 is 0 Å². The van der Waals surface area contributed by atoms with Gasteiger partial charge in [0.1, 0.15) is 0 Å². The summed E-state index contributed by atoms with van der Waals surface area (Å²) >= 11 is 5.70. The number of para-hydroxylation sites is 5. The maximum absolute atomic E-state index is 2.52. The van der Waals surface area contributed by atoms with Gasteiger partial charge in [-0.05, 0) is 189 Å².